The first-order valence-corrected chi connectivity index (χ1v) is 13.9. The monoisotopic (exact) mass is 541 g/mol. The predicted molar refractivity (Wildman–Crippen MR) is 148 cm³/mol. The quantitative estimate of drug-likeness (QED) is 0.584. The maximum absolute atomic E-state index is 13.4. The number of hydrogen-bond donors (Lipinski definition) is 1. The van der Waals surface area contributed by atoms with Crippen molar-refractivity contribution in [1.82, 2.24) is 29.7 Å². The Bertz CT molecular complexity index is 1080. The third kappa shape index (κ3) is 7.34. The van der Waals surface area contributed by atoms with Gasteiger partial charge >= 0.3 is 0 Å². The van der Waals surface area contributed by atoms with Gasteiger partial charge in [-0.05, 0) is 44.7 Å². The first-order chi connectivity index (χ1) is 18.8. The summed E-state index contributed by atoms with van der Waals surface area (Å²) in [6.45, 7) is 9.44. The van der Waals surface area contributed by atoms with Gasteiger partial charge in [-0.2, -0.15) is 0 Å². The number of aliphatic hydroxyl groups is 1. The van der Waals surface area contributed by atoms with Crippen LogP contribution in [0.5, 0.6) is 0 Å². The lowest BCUT2D eigenvalue weighted by Crippen LogP contribution is -2.48. The van der Waals surface area contributed by atoms with E-state index in [1.807, 2.05) is 38.1 Å². The number of ether oxygens (including phenoxy) is 1. The van der Waals surface area contributed by atoms with Gasteiger partial charge in [-0.15, -0.1) is 5.10 Å². The highest BCUT2D eigenvalue weighted by Crippen LogP contribution is 2.21. The standard InChI is InChI=1S/C28H43N7O4/c1-21-17-34(22(2)19-36)27(37)6-5-11-35-25(16-29-30-35)20-39-26(21)18-32(4)28(38)23-7-9-24(10-8-23)33-14-12-31(3)13-15-33/h7-10,16,21-22,26,36H,5-6,11-15,17-20H2,1-4H3/t21-,22+,26+/m1/s1. The number of aliphatic hydroxyl groups excluding tert-OH is 1. The van der Waals surface area contributed by atoms with E-state index in [2.05, 4.69) is 27.2 Å². The number of amides is 2. The van der Waals surface area contributed by atoms with Gasteiger partial charge in [0.1, 0.15) is 0 Å². The molecule has 3 heterocycles. The number of benzene rings is 1. The van der Waals surface area contributed by atoms with E-state index < -0.39 is 0 Å². The van der Waals surface area contributed by atoms with Gasteiger partial charge in [0.05, 0.1) is 37.3 Å². The van der Waals surface area contributed by atoms with Crippen molar-refractivity contribution in [1.29, 1.82) is 0 Å². The number of carbonyl (C=O) groups is 2. The summed E-state index contributed by atoms with van der Waals surface area (Å²) in [7, 11) is 3.92. The summed E-state index contributed by atoms with van der Waals surface area (Å²) in [4.78, 5) is 34.5. The fourth-order valence-electron chi connectivity index (χ4n) is 5.20. The molecule has 0 radical (unpaired) electrons. The highest BCUT2D eigenvalue weighted by atomic mass is 16.5. The summed E-state index contributed by atoms with van der Waals surface area (Å²) in [5, 5.41) is 18.0. The van der Waals surface area contributed by atoms with E-state index in [1.54, 1.807) is 27.7 Å². The average molecular weight is 542 g/mol. The third-order valence-corrected chi connectivity index (χ3v) is 7.92. The Kier molecular flexibility index (Phi) is 9.93. The molecule has 1 saturated heterocycles. The molecule has 0 unspecified atom stereocenters. The molecule has 11 nitrogen and oxygen atoms in total. The summed E-state index contributed by atoms with van der Waals surface area (Å²) >= 11 is 0. The Hall–Kier alpha value is -3.02. The van der Waals surface area contributed by atoms with Gasteiger partial charge < -0.3 is 29.4 Å². The van der Waals surface area contributed by atoms with Crippen LogP contribution in [0, 0.1) is 5.92 Å². The molecule has 4 rings (SSSR count). The van der Waals surface area contributed by atoms with Crippen LogP contribution in [0.15, 0.2) is 30.5 Å². The van der Waals surface area contributed by atoms with Crippen molar-refractivity contribution in [3.8, 4) is 0 Å². The van der Waals surface area contributed by atoms with Crippen LogP contribution in [0.1, 0.15) is 42.7 Å². The number of aryl methyl sites for hydroxylation is 1. The molecule has 3 atom stereocenters. The summed E-state index contributed by atoms with van der Waals surface area (Å²) < 4.78 is 8.14. The number of carbonyl (C=O) groups excluding carboxylic acids is 2. The third-order valence-electron chi connectivity index (χ3n) is 7.92. The van der Waals surface area contributed by atoms with Crippen LogP contribution in [0.4, 0.5) is 5.69 Å². The molecule has 1 N–H and O–H groups in total. The molecule has 0 aliphatic carbocycles. The van der Waals surface area contributed by atoms with E-state index in [-0.39, 0.29) is 36.5 Å². The predicted octanol–water partition coefficient (Wildman–Crippen LogP) is 1.33. The van der Waals surface area contributed by atoms with E-state index in [4.69, 9.17) is 4.74 Å². The second-order valence-electron chi connectivity index (χ2n) is 11.0. The lowest BCUT2D eigenvalue weighted by molar-refractivity contribution is -0.136. The van der Waals surface area contributed by atoms with Crippen LogP contribution in [0.2, 0.25) is 0 Å². The number of aromatic nitrogens is 3. The molecule has 0 bridgehead atoms. The SMILES string of the molecule is C[C@@H]1CN([C@@H](C)CO)C(=O)CCCn2nncc2CO[C@H]1CN(C)C(=O)c1ccc(N2CCN(C)CC2)cc1. The number of hydrogen-bond acceptors (Lipinski definition) is 8. The number of rotatable bonds is 6. The van der Waals surface area contributed by atoms with E-state index in [1.165, 1.54) is 0 Å². The zero-order chi connectivity index (χ0) is 27.9. The summed E-state index contributed by atoms with van der Waals surface area (Å²) in [5.41, 5.74) is 2.60. The van der Waals surface area contributed by atoms with Gasteiger partial charge in [-0.25, -0.2) is 4.68 Å². The minimum atomic E-state index is -0.340. The Morgan fingerprint density at radius 3 is 2.59 bits per heavy atom. The Morgan fingerprint density at radius 1 is 1.18 bits per heavy atom. The van der Waals surface area contributed by atoms with Crippen LogP contribution in [0.25, 0.3) is 0 Å². The van der Waals surface area contributed by atoms with Gasteiger partial charge in [0.25, 0.3) is 5.91 Å². The molecule has 214 valence electrons. The fourth-order valence-corrected chi connectivity index (χ4v) is 5.20. The Labute approximate surface area is 231 Å². The zero-order valence-electron chi connectivity index (χ0n) is 23.7. The molecule has 1 fully saturated rings. The highest BCUT2D eigenvalue weighted by molar-refractivity contribution is 5.94. The lowest BCUT2D eigenvalue weighted by Gasteiger charge is -2.35. The molecule has 2 aliphatic heterocycles. The first kappa shape index (κ1) is 29.0. The fraction of sp³-hybridized carbons (Fsp3) is 0.643. The van der Waals surface area contributed by atoms with Crippen LogP contribution >= 0.6 is 0 Å². The molecule has 0 saturated carbocycles. The second kappa shape index (κ2) is 13.4. The summed E-state index contributed by atoms with van der Waals surface area (Å²) in [6, 6.07) is 7.53. The van der Waals surface area contributed by atoms with Crippen molar-refractivity contribution >= 4 is 17.5 Å². The van der Waals surface area contributed by atoms with Crippen LogP contribution in [-0.2, 0) is 22.7 Å². The Balaban J connectivity index is 1.47. The van der Waals surface area contributed by atoms with Crippen molar-refractivity contribution in [3.63, 3.8) is 0 Å². The van der Waals surface area contributed by atoms with Crippen molar-refractivity contribution in [2.45, 2.75) is 52.0 Å². The number of fused-ring (bicyclic) bond motifs is 1. The van der Waals surface area contributed by atoms with Gasteiger partial charge in [-0.3, -0.25) is 9.59 Å². The maximum Gasteiger partial charge on any atom is 0.253 e. The van der Waals surface area contributed by atoms with Crippen molar-refractivity contribution in [2.75, 3.05) is 64.9 Å². The topological polar surface area (TPSA) is 107 Å². The van der Waals surface area contributed by atoms with Crippen LogP contribution < -0.4 is 4.90 Å². The minimum absolute atomic E-state index is 0.00531. The first-order valence-electron chi connectivity index (χ1n) is 13.9. The smallest absolute Gasteiger partial charge is 0.253 e. The minimum Gasteiger partial charge on any atom is -0.394 e. The highest BCUT2D eigenvalue weighted by Gasteiger charge is 2.29. The number of piperazine rings is 1. The molecule has 0 spiro atoms. The van der Waals surface area contributed by atoms with E-state index in [0.29, 0.717) is 44.6 Å². The van der Waals surface area contributed by atoms with Gasteiger partial charge in [-0.1, -0.05) is 12.1 Å². The largest absolute Gasteiger partial charge is 0.394 e. The molecule has 2 amide bonds. The van der Waals surface area contributed by atoms with Crippen LogP contribution in [-0.4, -0.2) is 119 Å². The number of anilines is 1. The summed E-state index contributed by atoms with van der Waals surface area (Å²) in [5.74, 6) is -0.166. The average Bonchev–Trinajstić information content (AvgIpc) is 3.39. The normalized spacial score (nSPS) is 22.5. The Morgan fingerprint density at radius 2 is 1.90 bits per heavy atom. The molecule has 1 aromatic carbocycles. The van der Waals surface area contributed by atoms with Gasteiger partial charge in [0.15, 0.2) is 0 Å². The van der Waals surface area contributed by atoms with Crippen LogP contribution in [0.3, 0.4) is 0 Å². The molecule has 11 heteroatoms. The summed E-state index contributed by atoms with van der Waals surface area (Å²) in [6.07, 6.45) is 2.34. The van der Waals surface area contributed by atoms with E-state index in [9.17, 15) is 14.7 Å². The molecular weight excluding hydrogens is 498 g/mol. The molecule has 1 aromatic heterocycles. The van der Waals surface area contributed by atoms with Gasteiger partial charge in [0.2, 0.25) is 5.91 Å². The maximum atomic E-state index is 13.4. The van der Waals surface area contributed by atoms with Crippen molar-refractivity contribution < 1.29 is 19.4 Å². The molecular formula is C28H43N7O4. The zero-order valence-corrected chi connectivity index (χ0v) is 23.7. The number of nitrogens with zero attached hydrogens (tertiary/aromatic N) is 7. The number of likely N-dealkylation sites (N-methyl/N-ethyl adjacent to an activating group) is 2. The molecule has 2 aromatic rings. The van der Waals surface area contributed by atoms with E-state index in [0.717, 1.165) is 37.6 Å². The van der Waals surface area contributed by atoms with E-state index >= 15 is 0 Å². The molecule has 2 aliphatic rings. The van der Waals surface area contributed by atoms with Crippen molar-refractivity contribution in [3.05, 3.63) is 41.7 Å². The lowest BCUT2D eigenvalue weighted by atomic mass is 10.0. The molecule has 39 heavy (non-hydrogen) atoms. The second-order valence-corrected chi connectivity index (χ2v) is 11.0. The van der Waals surface area contributed by atoms with Gasteiger partial charge in [0, 0.05) is 76.5 Å². The van der Waals surface area contributed by atoms with Crippen molar-refractivity contribution in [2.24, 2.45) is 5.92 Å².